The molecule has 1 aliphatic carbocycles. The molecule has 0 bridgehead atoms. The molecule has 0 amide bonds. The van der Waals surface area contributed by atoms with E-state index in [9.17, 15) is 0 Å². The second-order valence-corrected chi connectivity index (χ2v) is 5.12. The molecule has 1 fully saturated rings. The van der Waals surface area contributed by atoms with Gasteiger partial charge in [-0.15, -0.1) is 0 Å². The molecule has 1 heterocycles. The second kappa shape index (κ2) is 6.09. The molecule has 2 N–H and O–H groups in total. The molecule has 0 radical (unpaired) electrons. The van der Waals surface area contributed by atoms with Gasteiger partial charge < -0.3 is 10.3 Å². The van der Waals surface area contributed by atoms with Gasteiger partial charge in [-0.1, -0.05) is 25.7 Å². The minimum atomic E-state index is 0.654. The van der Waals surface area contributed by atoms with Crippen LogP contribution in [0, 0.1) is 5.92 Å². The number of H-pyrrole nitrogens is 1. The highest BCUT2D eigenvalue weighted by molar-refractivity contribution is 5.03. The van der Waals surface area contributed by atoms with Gasteiger partial charge in [0.25, 0.3) is 0 Å². The summed E-state index contributed by atoms with van der Waals surface area (Å²) in [5, 5.41) is 3.65. The maximum atomic E-state index is 3.65. The number of hydrogen-bond donors (Lipinski definition) is 2. The highest BCUT2D eigenvalue weighted by Crippen LogP contribution is 2.25. The van der Waals surface area contributed by atoms with E-state index < -0.39 is 0 Å². The van der Waals surface area contributed by atoms with Gasteiger partial charge in [-0.05, 0) is 37.8 Å². The fraction of sp³-hybridized carbons (Fsp3) is 0.714. The minimum Gasteiger partial charge on any atom is -0.364 e. The number of nitrogens with one attached hydrogen (secondary N) is 2. The van der Waals surface area contributed by atoms with Gasteiger partial charge in [-0.3, -0.25) is 0 Å². The van der Waals surface area contributed by atoms with Crippen molar-refractivity contribution < 1.29 is 0 Å². The molecule has 2 nitrogen and oxygen atoms in total. The van der Waals surface area contributed by atoms with Gasteiger partial charge in [-0.25, -0.2) is 0 Å². The Balaban J connectivity index is 1.75. The number of aromatic amines is 1. The van der Waals surface area contributed by atoms with Crippen LogP contribution in [0.15, 0.2) is 18.3 Å². The Labute approximate surface area is 98.8 Å². The molecular formula is C14H24N2. The summed E-state index contributed by atoms with van der Waals surface area (Å²) in [6, 6.07) is 4.86. The SMILES string of the molecule is C[C@@H](NCc1ccc[nH]1)C1CCCCCC1. The summed E-state index contributed by atoms with van der Waals surface area (Å²) in [6.45, 7) is 3.32. The molecular weight excluding hydrogens is 196 g/mol. The summed E-state index contributed by atoms with van der Waals surface area (Å²) in [5.41, 5.74) is 1.29. The summed E-state index contributed by atoms with van der Waals surface area (Å²) >= 11 is 0. The van der Waals surface area contributed by atoms with Gasteiger partial charge in [0.15, 0.2) is 0 Å². The van der Waals surface area contributed by atoms with E-state index in [0.29, 0.717) is 6.04 Å². The van der Waals surface area contributed by atoms with Crippen LogP contribution in [0.25, 0.3) is 0 Å². The average molecular weight is 220 g/mol. The Morgan fingerprint density at radius 1 is 1.31 bits per heavy atom. The average Bonchev–Trinajstić information content (AvgIpc) is 2.66. The number of aromatic nitrogens is 1. The van der Waals surface area contributed by atoms with E-state index in [4.69, 9.17) is 0 Å². The van der Waals surface area contributed by atoms with Gasteiger partial charge in [0.2, 0.25) is 0 Å². The zero-order chi connectivity index (χ0) is 11.2. The smallest absolute Gasteiger partial charge is 0.0359 e. The van der Waals surface area contributed by atoms with Crippen LogP contribution in [-0.2, 0) is 6.54 Å². The van der Waals surface area contributed by atoms with Crippen LogP contribution in [0.2, 0.25) is 0 Å². The number of hydrogen-bond acceptors (Lipinski definition) is 1. The summed E-state index contributed by atoms with van der Waals surface area (Å²) in [5.74, 6) is 0.887. The van der Waals surface area contributed by atoms with E-state index in [-0.39, 0.29) is 0 Å². The van der Waals surface area contributed by atoms with E-state index in [1.54, 1.807) is 0 Å². The molecule has 2 rings (SSSR count). The van der Waals surface area contributed by atoms with Gasteiger partial charge in [0.1, 0.15) is 0 Å². The fourth-order valence-electron chi connectivity index (χ4n) is 2.73. The van der Waals surface area contributed by atoms with Crippen molar-refractivity contribution in [2.45, 2.75) is 58.0 Å². The Bertz CT molecular complexity index is 271. The topological polar surface area (TPSA) is 27.8 Å². The largest absolute Gasteiger partial charge is 0.364 e. The van der Waals surface area contributed by atoms with Gasteiger partial charge in [-0.2, -0.15) is 0 Å². The summed E-state index contributed by atoms with van der Waals surface area (Å²) < 4.78 is 0. The van der Waals surface area contributed by atoms with Crippen LogP contribution >= 0.6 is 0 Å². The van der Waals surface area contributed by atoms with Gasteiger partial charge in [0.05, 0.1) is 0 Å². The fourth-order valence-corrected chi connectivity index (χ4v) is 2.73. The Hall–Kier alpha value is -0.760. The molecule has 0 aromatic carbocycles. The first-order valence-corrected chi connectivity index (χ1v) is 6.72. The van der Waals surface area contributed by atoms with Crippen molar-refractivity contribution >= 4 is 0 Å². The Kier molecular flexibility index (Phi) is 4.46. The van der Waals surface area contributed by atoms with Crippen LogP contribution in [0.1, 0.15) is 51.1 Å². The zero-order valence-corrected chi connectivity index (χ0v) is 10.3. The molecule has 16 heavy (non-hydrogen) atoms. The lowest BCUT2D eigenvalue weighted by molar-refractivity contribution is 0.336. The third kappa shape index (κ3) is 3.38. The van der Waals surface area contributed by atoms with Crippen LogP contribution in [0.3, 0.4) is 0 Å². The zero-order valence-electron chi connectivity index (χ0n) is 10.3. The van der Waals surface area contributed by atoms with Crippen molar-refractivity contribution in [1.29, 1.82) is 0 Å². The second-order valence-electron chi connectivity index (χ2n) is 5.12. The predicted octanol–water partition coefficient (Wildman–Crippen LogP) is 3.46. The molecule has 1 aromatic heterocycles. The van der Waals surface area contributed by atoms with Crippen molar-refractivity contribution in [2.24, 2.45) is 5.92 Å². The molecule has 1 aliphatic rings. The molecule has 0 aliphatic heterocycles. The molecule has 90 valence electrons. The van der Waals surface area contributed by atoms with E-state index in [1.165, 1.54) is 44.2 Å². The van der Waals surface area contributed by atoms with Crippen molar-refractivity contribution in [3.63, 3.8) is 0 Å². The first-order valence-electron chi connectivity index (χ1n) is 6.72. The Morgan fingerprint density at radius 3 is 2.69 bits per heavy atom. The first kappa shape index (κ1) is 11.7. The van der Waals surface area contributed by atoms with E-state index >= 15 is 0 Å². The van der Waals surface area contributed by atoms with Crippen molar-refractivity contribution in [3.8, 4) is 0 Å². The normalized spacial score (nSPS) is 20.6. The summed E-state index contributed by atoms with van der Waals surface area (Å²) in [6.07, 6.45) is 10.6. The van der Waals surface area contributed by atoms with Crippen molar-refractivity contribution in [1.82, 2.24) is 10.3 Å². The third-order valence-electron chi connectivity index (χ3n) is 3.88. The molecule has 1 aromatic rings. The van der Waals surface area contributed by atoms with Crippen LogP contribution < -0.4 is 5.32 Å². The summed E-state index contributed by atoms with van der Waals surface area (Å²) in [4.78, 5) is 3.25. The van der Waals surface area contributed by atoms with E-state index in [2.05, 4.69) is 29.4 Å². The summed E-state index contributed by atoms with van der Waals surface area (Å²) in [7, 11) is 0. The molecule has 0 unspecified atom stereocenters. The molecule has 0 saturated heterocycles. The lowest BCUT2D eigenvalue weighted by Gasteiger charge is -2.23. The lowest BCUT2D eigenvalue weighted by atomic mass is 9.93. The van der Waals surface area contributed by atoms with E-state index in [0.717, 1.165) is 12.5 Å². The monoisotopic (exact) mass is 220 g/mol. The molecule has 1 saturated carbocycles. The van der Waals surface area contributed by atoms with Crippen LogP contribution in [0.4, 0.5) is 0 Å². The third-order valence-corrected chi connectivity index (χ3v) is 3.88. The van der Waals surface area contributed by atoms with Crippen molar-refractivity contribution in [3.05, 3.63) is 24.0 Å². The molecule has 1 atom stereocenters. The maximum Gasteiger partial charge on any atom is 0.0359 e. The quantitative estimate of drug-likeness (QED) is 0.747. The molecule has 0 spiro atoms. The standard InChI is InChI=1S/C14H24N2/c1-12(13-7-4-2-3-5-8-13)16-11-14-9-6-10-15-14/h6,9-10,12-13,15-16H,2-5,7-8,11H2,1H3/t12-/m1/s1. The van der Waals surface area contributed by atoms with Gasteiger partial charge in [0, 0.05) is 24.5 Å². The van der Waals surface area contributed by atoms with Gasteiger partial charge >= 0.3 is 0 Å². The maximum absolute atomic E-state index is 3.65. The predicted molar refractivity (Wildman–Crippen MR) is 68.3 cm³/mol. The highest BCUT2D eigenvalue weighted by Gasteiger charge is 2.18. The number of rotatable bonds is 4. The lowest BCUT2D eigenvalue weighted by Crippen LogP contribution is -2.33. The van der Waals surface area contributed by atoms with Crippen LogP contribution in [-0.4, -0.2) is 11.0 Å². The van der Waals surface area contributed by atoms with Crippen LogP contribution in [0.5, 0.6) is 0 Å². The van der Waals surface area contributed by atoms with Crippen molar-refractivity contribution in [2.75, 3.05) is 0 Å². The molecule has 2 heteroatoms. The Morgan fingerprint density at radius 2 is 2.06 bits per heavy atom. The minimum absolute atomic E-state index is 0.654. The van der Waals surface area contributed by atoms with E-state index in [1.807, 2.05) is 6.20 Å². The first-order chi connectivity index (χ1) is 7.86. The highest BCUT2D eigenvalue weighted by atomic mass is 14.9.